The Balaban J connectivity index is 1.42. The van der Waals surface area contributed by atoms with Gasteiger partial charge in [0.05, 0.1) is 6.20 Å². The summed E-state index contributed by atoms with van der Waals surface area (Å²) in [7, 11) is 0. The molecule has 18 heavy (non-hydrogen) atoms. The molecule has 3 rings (SSSR count). The molecule has 0 bridgehead atoms. The van der Waals surface area contributed by atoms with Gasteiger partial charge in [0.1, 0.15) is 9.34 Å². The lowest BCUT2D eigenvalue weighted by Gasteiger charge is -2.15. The van der Waals surface area contributed by atoms with Gasteiger partial charge in [0.15, 0.2) is 0 Å². The van der Waals surface area contributed by atoms with Crippen LogP contribution in [0.15, 0.2) is 6.20 Å². The van der Waals surface area contributed by atoms with Crippen molar-refractivity contribution < 1.29 is 4.79 Å². The third-order valence-corrected chi connectivity index (χ3v) is 4.58. The van der Waals surface area contributed by atoms with Crippen LogP contribution < -0.4 is 5.32 Å². The Labute approximate surface area is 115 Å². The number of nitrogens with one attached hydrogen (secondary N) is 1. The maximum atomic E-state index is 11.8. The molecule has 1 unspecified atom stereocenters. The second kappa shape index (κ2) is 5.15. The smallest absolute Gasteiger partial charge is 0.223 e. The minimum Gasteiger partial charge on any atom is -0.339 e. The molecule has 1 N–H and O–H groups in total. The van der Waals surface area contributed by atoms with Crippen LogP contribution in [0.4, 0.5) is 0 Å². The highest BCUT2D eigenvalue weighted by Crippen LogP contribution is 2.32. The minimum atomic E-state index is 0.335. The van der Waals surface area contributed by atoms with Gasteiger partial charge in [-0.1, -0.05) is 11.6 Å². The molecule has 1 aliphatic carbocycles. The van der Waals surface area contributed by atoms with Gasteiger partial charge in [-0.25, -0.2) is 4.98 Å². The molecule has 2 heterocycles. The van der Waals surface area contributed by atoms with Gasteiger partial charge in [0.25, 0.3) is 0 Å². The zero-order valence-electron chi connectivity index (χ0n) is 10.1. The number of likely N-dealkylation sites (tertiary alicyclic amines) is 1. The van der Waals surface area contributed by atoms with E-state index in [0.717, 1.165) is 29.0 Å². The van der Waals surface area contributed by atoms with E-state index in [9.17, 15) is 4.79 Å². The predicted molar refractivity (Wildman–Crippen MR) is 71.7 cm³/mol. The van der Waals surface area contributed by atoms with Gasteiger partial charge in [0, 0.05) is 32.1 Å². The molecule has 2 aliphatic rings. The summed E-state index contributed by atoms with van der Waals surface area (Å²) in [5.41, 5.74) is 0. The van der Waals surface area contributed by atoms with Crippen molar-refractivity contribution in [1.82, 2.24) is 15.2 Å². The van der Waals surface area contributed by atoms with Crippen molar-refractivity contribution in [2.24, 2.45) is 5.92 Å². The standard InChI is InChI=1S/C12H16ClN3OS/c13-10-5-15-11(18-10)6-14-4-8-3-12(17)16(7-8)9-1-2-9/h5,8-9,14H,1-4,6-7H2. The molecule has 1 atom stereocenters. The fourth-order valence-electron chi connectivity index (χ4n) is 2.44. The predicted octanol–water partition coefficient (Wildman–Crippen LogP) is 1.90. The summed E-state index contributed by atoms with van der Waals surface area (Å²) in [5.74, 6) is 0.787. The number of aromatic nitrogens is 1. The van der Waals surface area contributed by atoms with E-state index in [1.807, 2.05) is 0 Å². The molecule has 1 saturated heterocycles. The summed E-state index contributed by atoms with van der Waals surface area (Å²) in [6, 6.07) is 0.556. The number of rotatable bonds is 5. The number of nitrogens with zero attached hydrogens (tertiary/aromatic N) is 2. The van der Waals surface area contributed by atoms with Gasteiger partial charge in [-0.3, -0.25) is 4.79 Å². The van der Waals surface area contributed by atoms with E-state index in [-0.39, 0.29) is 0 Å². The highest BCUT2D eigenvalue weighted by molar-refractivity contribution is 7.15. The molecule has 0 radical (unpaired) electrons. The lowest BCUT2D eigenvalue weighted by molar-refractivity contribution is -0.128. The van der Waals surface area contributed by atoms with Crippen molar-refractivity contribution in [2.75, 3.05) is 13.1 Å². The monoisotopic (exact) mass is 285 g/mol. The Morgan fingerprint density at radius 2 is 2.39 bits per heavy atom. The number of carbonyl (C=O) groups excluding carboxylic acids is 1. The fourth-order valence-corrected chi connectivity index (χ4v) is 3.36. The summed E-state index contributed by atoms with van der Waals surface area (Å²) < 4.78 is 0.725. The van der Waals surface area contributed by atoms with E-state index < -0.39 is 0 Å². The molecule has 0 aromatic carbocycles. The van der Waals surface area contributed by atoms with Gasteiger partial charge >= 0.3 is 0 Å². The Morgan fingerprint density at radius 3 is 3.06 bits per heavy atom. The number of amides is 1. The second-order valence-electron chi connectivity index (χ2n) is 5.04. The molecule has 1 aromatic heterocycles. The number of carbonyl (C=O) groups is 1. The molecule has 98 valence electrons. The zero-order chi connectivity index (χ0) is 12.5. The fraction of sp³-hybridized carbons (Fsp3) is 0.667. The van der Waals surface area contributed by atoms with E-state index >= 15 is 0 Å². The maximum Gasteiger partial charge on any atom is 0.223 e. The normalized spacial score (nSPS) is 23.9. The summed E-state index contributed by atoms with van der Waals surface area (Å²) in [6.07, 6.45) is 4.77. The van der Waals surface area contributed by atoms with Gasteiger partial charge in [0.2, 0.25) is 5.91 Å². The van der Waals surface area contributed by atoms with E-state index in [0.29, 0.717) is 24.3 Å². The maximum absolute atomic E-state index is 11.8. The molecule has 1 saturated carbocycles. The van der Waals surface area contributed by atoms with E-state index in [2.05, 4.69) is 15.2 Å². The Morgan fingerprint density at radius 1 is 1.56 bits per heavy atom. The quantitative estimate of drug-likeness (QED) is 0.899. The highest BCUT2D eigenvalue weighted by Gasteiger charge is 2.38. The first kappa shape index (κ1) is 12.4. The first-order valence-corrected chi connectivity index (χ1v) is 7.52. The molecule has 1 aliphatic heterocycles. The van der Waals surface area contributed by atoms with Crippen LogP contribution in [-0.4, -0.2) is 34.9 Å². The average Bonchev–Trinajstić information content (AvgIpc) is 3.00. The first-order chi connectivity index (χ1) is 8.72. The molecular weight excluding hydrogens is 270 g/mol. The third kappa shape index (κ3) is 2.84. The van der Waals surface area contributed by atoms with Crippen molar-refractivity contribution >= 4 is 28.8 Å². The van der Waals surface area contributed by atoms with Crippen LogP contribution in [0, 0.1) is 5.92 Å². The van der Waals surface area contributed by atoms with Crippen LogP contribution in [-0.2, 0) is 11.3 Å². The summed E-state index contributed by atoms with van der Waals surface area (Å²) in [4.78, 5) is 18.0. The Kier molecular flexibility index (Phi) is 3.54. The molecule has 1 aromatic rings. The van der Waals surface area contributed by atoms with Gasteiger partial charge < -0.3 is 10.2 Å². The van der Waals surface area contributed by atoms with Crippen LogP contribution in [0.3, 0.4) is 0 Å². The molecule has 0 spiro atoms. The van der Waals surface area contributed by atoms with Crippen LogP contribution in [0.1, 0.15) is 24.3 Å². The van der Waals surface area contributed by atoms with E-state index in [1.54, 1.807) is 6.20 Å². The van der Waals surface area contributed by atoms with Crippen LogP contribution in [0.5, 0.6) is 0 Å². The third-order valence-electron chi connectivity index (χ3n) is 3.46. The van der Waals surface area contributed by atoms with Crippen molar-refractivity contribution in [3.05, 3.63) is 15.5 Å². The number of halogens is 1. The van der Waals surface area contributed by atoms with Crippen LogP contribution >= 0.6 is 22.9 Å². The summed E-state index contributed by atoms with van der Waals surface area (Å²) >= 11 is 7.32. The first-order valence-electron chi connectivity index (χ1n) is 6.33. The Bertz CT molecular complexity index is 446. The number of thiazole rings is 1. The Hall–Kier alpha value is -0.650. The average molecular weight is 286 g/mol. The molecular formula is C12H16ClN3OS. The van der Waals surface area contributed by atoms with Crippen LogP contribution in [0.2, 0.25) is 4.34 Å². The second-order valence-corrected chi connectivity index (χ2v) is 6.78. The summed E-state index contributed by atoms with van der Waals surface area (Å²) in [6.45, 7) is 2.55. The van der Waals surface area contributed by atoms with E-state index in [1.165, 1.54) is 24.2 Å². The molecule has 1 amide bonds. The van der Waals surface area contributed by atoms with Crippen molar-refractivity contribution in [2.45, 2.75) is 31.8 Å². The topological polar surface area (TPSA) is 45.2 Å². The van der Waals surface area contributed by atoms with Gasteiger partial charge in [-0.15, -0.1) is 11.3 Å². The summed E-state index contributed by atoms with van der Waals surface area (Å²) in [5, 5.41) is 4.37. The van der Waals surface area contributed by atoms with Gasteiger partial charge in [-0.2, -0.15) is 0 Å². The van der Waals surface area contributed by atoms with Crippen molar-refractivity contribution in [1.29, 1.82) is 0 Å². The lowest BCUT2D eigenvalue weighted by Crippen LogP contribution is -2.29. The number of hydrogen-bond acceptors (Lipinski definition) is 4. The highest BCUT2D eigenvalue weighted by atomic mass is 35.5. The molecule has 6 heteroatoms. The van der Waals surface area contributed by atoms with Crippen LogP contribution in [0.25, 0.3) is 0 Å². The number of hydrogen-bond donors (Lipinski definition) is 1. The molecule has 4 nitrogen and oxygen atoms in total. The van der Waals surface area contributed by atoms with Gasteiger partial charge in [-0.05, 0) is 18.8 Å². The van der Waals surface area contributed by atoms with E-state index in [4.69, 9.17) is 11.6 Å². The lowest BCUT2D eigenvalue weighted by atomic mass is 10.1. The zero-order valence-corrected chi connectivity index (χ0v) is 11.6. The minimum absolute atomic E-state index is 0.335. The van der Waals surface area contributed by atoms with Crippen molar-refractivity contribution in [3.63, 3.8) is 0 Å². The largest absolute Gasteiger partial charge is 0.339 e. The molecule has 2 fully saturated rings. The SMILES string of the molecule is O=C1CC(CNCc2ncc(Cl)s2)CN1C1CC1. The van der Waals surface area contributed by atoms with Crippen molar-refractivity contribution in [3.8, 4) is 0 Å².